The summed E-state index contributed by atoms with van der Waals surface area (Å²) >= 11 is 0. The minimum absolute atomic E-state index is 0.223. The molecule has 1 amide bonds. The number of benzene rings is 3. The molecule has 106 valence electrons. The van der Waals surface area contributed by atoms with Crippen LogP contribution >= 0.6 is 0 Å². The van der Waals surface area contributed by atoms with Crippen molar-refractivity contribution in [1.82, 2.24) is 0 Å². The maximum absolute atomic E-state index is 11.1. The number of hydrogen-bond acceptors (Lipinski definition) is 2. The minimum atomic E-state index is -0.223. The second-order valence-electron chi connectivity index (χ2n) is 5.30. The lowest BCUT2D eigenvalue weighted by atomic mass is 10.1. The SMILES string of the molecule is CC(=O)N=Cc1cccc2c1oc1cc3ccccc3cc12. The number of furan rings is 1. The van der Waals surface area contributed by atoms with Crippen molar-refractivity contribution in [3.05, 3.63) is 60.2 Å². The van der Waals surface area contributed by atoms with Gasteiger partial charge in [-0.1, -0.05) is 36.4 Å². The van der Waals surface area contributed by atoms with Gasteiger partial charge in [0.2, 0.25) is 5.91 Å². The van der Waals surface area contributed by atoms with Gasteiger partial charge in [-0.3, -0.25) is 4.79 Å². The number of carbonyl (C=O) groups excluding carboxylic acids is 1. The number of nitrogens with zero attached hydrogens (tertiary/aromatic N) is 1. The molecule has 0 bridgehead atoms. The summed E-state index contributed by atoms with van der Waals surface area (Å²) in [5.41, 5.74) is 2.42. The Bertz CT molecular complexity index is 1060. The van der Waals surface area contributed by atoms with Crippen LogP contribution in [0.4, 0.5) is 0 Å². The first-order chi connectivity index (χ1) is 10.7. The van der Waals surface area contributed by atoms with Crippen molar-refractivity contribution in [2.75, 3.05) is 0 Å². The number of fused-ring (bicyclic) bond motifs is 4. The Morgan fingerprint density at radius 2 is 1.77 bits per heavy atom. The molecule has 0 aliphatic rings. The number of para-hydroxylation sites is 1. The van der Waals surface area contributed by atoms with Gasteiger partial charge in [0.05, 0.1) is 0 Å². The fourth-order valence-corrected chi connectivity index (χ4v) is 2.77. The van der Waals surface area contributed by atoms with Gasteiger partial charge in [0.15, 0.2) is 0 Å². The molecule has 1 aromatic heterocycles. The molecular weight excluding hydrogens is 274 g/mol. The van der Waals surface area contributed by atoms with Gasteiger partial charge < -0.3 is 4.42 Å². The normalized spacial score (nSPS) is 11.9. The fraction of sp³-hybridized carbons (Fsp3) is 0.0526. The average Bonchev–Trinajstić information content (AvgIpc) is 2.88. The highest BCUT2D eigenvalue weighted by molar-refractivity contribution is 6.13. The molecule has 0 saturated carbocycles. The van der Waals surface area contributed by atoms with Crippen LogP contribution < -0.4 is 0 Å². The Balaban J connectivity index is 2.06. The largest absolute Gasteiger partial charge is 0.455 e. The van der Waals surface area contributed by atoms with Crippen molar-refractivity contribution >= 4 is 44.8 Å². The highest BCUT2D eigenvalue weighted by Crippen LogP contribution is 2.33. The van der Waals surface area contributed by atoms with E-state index in [2.05, 4.69) is 29.3 Å². The summed E-state index contributed by atoms with van der Waals surface area (Å²) in [7, 11) is 0. The maximum atomic E-state index is 11.1. The smallest absolute Gasteiger partial charge is 0.242 e. The Labute approximate surface area is 126 Å². The number of hydrogen-bond donors (Lipinski definition) is 0. The van der Waals surface area contributed by atoms with Gasteiger partial charge in [-0.05, 0) is 29.0 Å². The number of carbonyl (C=O) groups is 1. The molecular formula is C19H13NO2. The van der Waals surface area contributed by atoms with Crippen molar-refractivity contribution in [3.8, 4) is 0 Å². The van der Waals surface area contributed by atoms with Gasteiger partial charge in [0.1, 0.15) is 11.2 Å². The quantitative estimate of drug-likeness (QED) is 0.476. The van der Waals surface area contributed by atoms with E-state index in [1.165, 1.54) is 12.3 Å². The molecule has 0 saturated heterocycles. The molecule has 3 aromatic carbocycles. The van der Waals surface area contributed by atoms with Crippen LogP contribution in [0.1, 0.15) is 12.5 Å². The van der Waals surface area contributed by atoms with E-state index in [1.54, 1.807) is 6.21 Å². The third kappa shape index (κ3) is 1.99. The molecule has 0 atom stereocenters. The van der Waals surface area contributed by atoms with Crippen LogP contribution in [0.2, 0.25) is 0 Å². The van der Waals surface area contributed by atoms with E-state index < -0.39 is 0 Å². The third-order valence-electron chi connectivity index (χ3n) is 3.78. The van der Waals surface area contributed by atoms with Crippen molar-refractivity contribution in [2.24, 2.45) is 4.99 Å². The van der Waals surface area contributed by atoms with Crippen LogP contribution in [0, 0.1) is 0 Å². The highest BCUT2D eigenvalue weighted by atomic mass is 16.3. The number of rotatable bonds is 1. The van der Waals surface area contributed by atoms with Gasteiger partial charge in [0, 0.05) is 29.5 Å². The Hall–Kier alpha value is -2.94. The molecule has 0 spiro atoms. The van der Waals surface area contributed by atoms with Gasteiger partial charge in [0.25, 0.3) is 0 Å². The molecule has 1 heterocycles. The summed E-state index contributed by atoms with van der Waals surface area (Å²) in [6.07, 6.45) is 1.56. The summed E-state index contributed by atoms with van der Waals surface area (Å²) in [5, 5.41) is 4.44. The van der Waals surface area contributed by atoms with Gasteiger partial charge in [-0.25, -0.2) is 4.99 Å². The summed E-state index contributed by atoms with van der Waals surface area (Å²) in [4.78, 5) is 14.9. The monoisotopic (exact) mass is 287 g/mol. The zero-order chi connectivity index (χ0) is 15.1. The van der Waals surface area contributed by atoms with E-state index >= 15 is 0 Å². The van der Waals surface area contributed by atoms with E-state index in [9.17, 15) is 4.79 Å². The summed E-state index contributed by atoms with van der Waals surface area (Å²) in [6, 6.07) is 18.3. The molecule has 3 nitrogen and oxygen atoms in total. The molecule has 4 rings (SSSR count). The average molecular weight is 287 g/mol. The predicted octanol–water partition coefficient (Wildman–Crippen LogP) is 4.70. The molecule has 0 N–H and O–H groups in total. The molecule has 4 aromatic rings. The molecule has 0 fully saturated rings. The van der Waals surface area contributed by atoms with Crippen LogP contribution in [-0.2, 0) is 4.79 Å². The topological polar surface area (TPSA) is 42.6 Å². The number of amides is 1. The molecule has 0 aliphatic carbocycles. The zero-order valence-corrected chi connectivity index (χ0v) is 12.0. The van der Waals surface area contributed by atoms with Crippen molar-refractivity contribution in [1.29, 1.82) is 0 Å². The minimum Gasteiger partial charge on any atom is -0.455 e. The van der Waals surface area contributed by atoms with E-state index in [4.69, 9.17) is 4.42 Å². The molecule has 0 unspecified atom stereocenters. The first kappa shape index (κ1) is 12.8. The van der Waals surface area contributed by atoms with Crippen molar-refractivity contribution in [3.63, 3.8) is 0 Å². The van der Waals surface area contributed by atoms with E-state index in [0.717, 1.165) is 32.9 Å². The van der Waals surface area contributed by atoms with Crippen molar-refractivity contribution in [2.45, 2.75) is 6.92 Å². The van der Waals surface area contributed by atoms with E-state index in [1.807, 2.05) is 30.3 Å². The lowest BCUT2D eigenvalue weighted by molar-refractivity contribution is -0.115. The van der Waals surface area contributed by atoms with Crippen molar-refractivity contribution < 1.29 is 9.21 Å². The standard InChI is InChI=1S/C19H13NO2/c1-12(21)20-11-15-7-4-8-16-17-9-13-5-2-3-6-14(13)10-18(17)22-19(15)16/h2-11H,1H3. The van der Waals surface area contributed by atoms with Gasteiger partial charge in [-0.2, -0.15) is 0 Å². The lowest BCUT2D eigenvalue weighted by Gasteiger charge is -1.96. The second-order valence-corrected chi connectivity index (χ2v) is 5.30. The lowest BCUT2D eigenvalue weighted by Crippen LogP contribution is -1.87. The zero-order valence-electron chi connectivity index (χ0n) is 12.0. The predicted molar refractivity (Wildman–Crippen MR) is 89.5 cm³/mol. The van der Waals surface area contributed by atoms with Crippen LogP contribution in [0.25, 0.3) is 32.7 Å². The highest BCUT2D eigenvalue weighted by Gasteiger charge is 2.10. The van der Waals surface area contributed by atoms with E-state index in [0.29, 0.717) is 0 Å². The Kier molecular flexibility index (Phi) is 2.79. The molecule has 3 heteroatoms. The molecule has 0 aliphatic heterocycles. The number of aliphatic imine (C=N–C) groups is 1. The second kappa shape index (κ2) is 4.81. The van der Waals surface area contributed by atoms with E-state index in [-0.39, 0.29) is 5.91 Å². The maximum Gasteiger partial charge on any atom is 0.242 e. The summed E-state index contributed by atoms with van der Waals surface area (Å²) in [6.45, 7) is 1.43. The van der Waals surface area contributed by atoms with Crippen LogP contribution in [0.15, 0.2) is 64.0 Å². The Morgan fingerprint density at radius 1 is 1.00 bits per heavy atom. The fourth-order valence-electron chi connectivity index (χ4n) is 2.77. The van der Waals surface area contributed by atoms with Gasteiger partial charge >= 0.3 is 0 Å². The first-order valence-corrected chi connectivity index (χ1v) is 7.11. The Morgan fingerprint density at radius 3 is 2.55 bits per heavy atom. The van der Waals surface area contributed by atoms with Gasteiger partial charge in [-0.15, -0.1) is 0 Å². The molecule has 0 radical (unpaired) electrons. The third-order valence-corrected chi connectivity index (χ3v) is 3.78. The first-order valence-electron chi connectivity index (χ1n) is 7.11. The summed E-state index contributed by atoms with van der Waals surface area (Å²) in [5.74, 6) is -0.223. The van der Waals surface area contributed by atoms with Crippen LogP contribution in [0.3, 0.4) is 0 Å². The summed E-state index contributed by atoms with van der Waals surface area (Å²) < 4.78 is 6.02. The molecule has 22 heavy (non-hydrogen) atoms. The van der Waals surface area contributed by atoms with Crippen LogP contribution in [-0.4, -0.2) is 12.1 Å². The van der Waals surface area contributed by atoms with Crippen LogP contribution in [0.5, 0.6) is 0 Å².